The summed E-state index contributed by atoms with van der Waals surface area (Å²) in [5.41, 5.74) is 1.84. The van der Waals surface area contributed by atoms with E-state index in [1.807, 2.05) is 18.2 Å². The summed E-state index contributed by atoms with van der Waals surface area (Å²) in [7, 11) is 1.59. The second kappa shape index (κ2) is 6.05. The molecule has 1 aliphatic heterocycles. The maximum atomic E-state index is 8.96. The summed E-state index contributed by atoms with van der Waals surface area (Å²) in [6.45, 7) is 4.65. The highest BCUT2D eigenvalue weighted by molar-refractivity contribution is 5.45. The van der Waals surface area contributed by atoms with Crippen LogP contribution in [0.3, 0.4) is 0 Å². The first-order valence-electron chi connectivity index (χ1n) is 6.57. The average molecular weight is 260 g/mol. The van der Waals surface area contributed by atoms with Gasteiger partial charge in [0.15, 0.2) is 0 Å². The highest BCUT2D eigenvalue weighted by atomic mass is 16.5. The van der Waals surface area contributed by atoms with Crippen LogP contribution in [0.4, 0.5) is 0 Å². The lowest BCUT2D eigenvalue weighted by atomic mass is 9.92. The molecule has 0 atom stereocenters. The molecule has 2 rings (SSSR count). The van der Waals surface area contributed by atoms with Gasteiger partial charge < -0.3 is 14.8 Å². The smallest absolute Gasteiger partial charge is 0.136 e. The van der Waals surface area contributed by atoms with Crippen LogP contribution in [-0.4, -0.2) is 25.9 Å². The maximum Gasteiger partial charge on any atom is 0.136 e. The fraction of sp³-hybridized carbons (Fsp3) is 0.533. The van der Waals surface area contributed by atoms with Crippen LogP contribution < -0.4 is 10.1 Å². The zero-order valence-electron chi connectivity index (χ0n) is 11.5. The Morgan fingerprint density at radius 1 is 1.42 bits per heavy atom. The number of benzene rings is 1. The molecule has 0 unspecified atom stereocenters. The molecule has 1 aliphatic rings. The van der Waals surface area contributed by atoms with Gasteiger partial charge in [-0.1, -0.05) is 6.07 Å². The lowest BCUT2D eigenvalue weighted by molar-refractivity contribution is 0.0446. The first-order valence-corrected chi connectivity index (χ1v) is 6.57. The molecule has 1 saturated heterocycles. The Hall–Kier alpha value is -1.57. The zero-order chi connectivity index (χ0) is 13.7. The van der Waals surface area contributed by atoms with Gasteiger partial charge in [-0.05, 0) is 37.5 Å². The molecule has 0 aromatic heterocycles. The van der Waals surface area contributed by atoms with Crippen LogP contribution in [0.2, 0.25) is 0 Å². The predicted octanol–water partition coefficient (Wildman–Crippen LogP) is 2.23. The third kappa shape index (κ3) is 3.46. The third-order valence-corrected chi connectivity index (χ3v) is 3.70. The minimum atomic E-state index is 0.138. The lowest BCUT2D eigenvalue weighted by Gasteiger charge is -2.34. The van der Waals surface area contributed by atoms with E-state index in [4.69, 9.17) is 14.7 Å². The summed E-state index contributed by atoms with van der Waals surface area (Å²) in [5.74, 6) is 0.638. The molecule has 0 spiro atoms. The number of ether oxygens (including phenoxy) is 2. The summed E-state index contributed by atoms with van der Waals surface area (Å²) in [4.78, 5) is 0. The number of nitrogens with one attached hydrogen (secondary N) is 1. The number of nitriles is 1. The molecule has 1 aromatic rings. The van der Waals surface area contributed by atoms with Crippen molar-refractivity contribution in [3.05, 3.63) is 29.3 Å². The van der Waals surface area contributed by atoms with Gasteiger partial charge in [0, 0.05) is 25.3 Å². The monoisotopic (exact) mass is 260 g/mol. The summed E-state index contributed by atoms with van der Waals surface area (Å²) in [5, 5.41) is 12.5. The molecule has 1 heterocycles. The van der Waals surface area contributed by atoms with Crippen molar-refractivity contribution in [3.63, 3.8) is 0 Å². The number of hydrogen-bond acceptors (Lipinski definition) is 4. The number of nitrogens with zero attached hydrogens (tertiary/aromatic N) is 1. The topological polar surface area (TPSA) is 54.3 Å². The van der Waals surface area contributed by atoms with Crippen molar-refractivity contribution >= 4 is 0 Å². The summed E-state index contributed by atoms with van der Waals surface area (Å²) in [6, 6.07) is 7.83. The first kappa shape index (κ1) is 13.9. The minimum absolute atomic E-state index is 0.138. The van der Waals surface area contributed by atoms with Gasteiger partial charge in [-0.15, -0.1) is 0 Å². The summed E-state index contributed by atoms with van der Waals surface area (Å²) >= 11 is 0. The van der Waals surface area contributed by atoms with Crippen LogP contribution in [0.5, 0.6) is 5.75 Å². The van der Waals surface area contributed by atoms with Crippen molar-refractivity contribution in [2.75, 3.05) is 20.3 Å². The van der Waals surface area contributed by atoms with Gasteiger partial charge in [0.25, 0.3) is 0 Å². The Balaban J connectivity index is 2.01. The quantitative estimate of drug-likeness (QED) is 0.902. The van der Waals surface area contributed by atoms with Gasteiger partial charge in [-0.2, -0.15) is 5.26 Å². The predicted molar refractivity (Wildman–Crippen MR) is 73.0 cm³/mol. The first-order chi connectivity index (χ1) is 9.17. The normalized spacial score (nSPS) is 17.7. The van der Waals surface area contributed by atoms with E-state index < -0.39 is 0 Å². The molecule has 1 N–H and O–H groups in total. The molecule has 1 fully saturated rings. The van der Waals surface area contributed by atoms with Crippen LogP contribution in [0.1, 0.15) is 30.9 Å². The highest BCUT2D eigenvalue weighted by Gasteiger charge is 2.26. The largest absolute Gasteiger partial charge is 0.495 e. The van der Waals surface area contributed by atoms with Crippen LogP contribution >= 0.6 is 0 Å². The molecular weight excluding hydrogens is 240 g/mol. The SMILES string of the molecule is COc1cc(CNC2(C)CCOCC2)ccc1C#N. The average Bonchev–Trinajstić information content (AvgIpc) is 2.45. The van der Waals surface area contributed by atoms with E-state index in [0.29, 0.717) is 11.3 Å². The van der Waals surface area contributed by atoms with Gasteiger partial charge in [-0.3, -0.25) is 0 Å². The summed E-state index contributed by atoms with van der Waals surface area (Å²) < 4.78 is 10.6. The number of rotatable bonds is 4. The van der Waals surface area contributed by atoms with Crippen molar-refractivity contribution < 1.29 is 9.47 Å². The van der Waals surface area contributed by atoms with Crippen molar-refractivity contribution in [1.82, 2.24) is 5.32 Å². The molecule has 102 valence electrons. The van der Waals surface area contributed by atoms with Crippen molar-refractivity contribution in [1.29, 1.82) is 5.26 Å². The Labute approximate surface area is 114 Å². The maximum absolute atomic E-state index is 8.96. The highest BCUT2D eigenvalue weighted by Crippen LogP contribution is 2.22. The van der Waals surface area contributed by atoms with Crippen LogP contribution in [0, 0.1) is 11.3 Å². The van der Waals surface area contributed by atoms with E-state index in [-0.39, 0.29) is 5.54 Å². The fourth-order valence-electron chi connectivity index (χ4n) is 2.25. The van der Waals surface area contributed by atoms with Crippen molar-refractivity contribution in [2.24, 2.45) is 0 Å². The molecule has 0 radical (unpaired) electrons. The van der Waals surface area contributed by atoms with E-state index in [1.165, 1.54) is 0 Å². The Morgan fingerprint density at radius 2 is 2.16 bits per heavy atom. The molecule has 19 heavy (non-hydrogen) atoms. The van der Waals surface area contributed by atoms with Crippen LogP contribution in [-0.2, 0) is 11.3 Å². The van der Waals surface area contributed by atoms with E-state index in [9.17, 15) is 0 Å². The Bertz CT molecular complexity index is 474. The standard InChI is InChI=1S/C15H20N2O2/c1-15(5-7-19-8-6-15)17-11-12-3-4-13(10-16)14(9-12)18-2/h3-4,9,17H,5-8,11H2,1-2H3. The van der Waals surface area contributed by atoms with Gasteiger partial charge in [0.2, 0.25) is 0 Å². The molecule has 0 saturated carbocycles. The second-order valence-electron chi connectivity index (χ2n) is 5.17. The van der Waals surface area contributed by atoms with Crippen molar-refractivity contribution in [3.8, 4) is 11.8 Å². The molecule has 4 heteroatoms. The van der Waals surface area contributed by atoms with E-state index in [0.717, 1.165) is 38.2 Å². The molecule has 1 aromatic carbocycles. The second-order valence-corrected chi connectivity index (χ2v) is 5.17. The lowest BCUT2D eigenvalue weighted by Crippen LogP contribution is -2.46. The van der Waals surface area contributed by atoms with Gasteiger partial charge in [-0.25, -0.2) is 0 Å². The molecule has 0 aliphatic carbocycles. The van der Waals surface area contributed by atoms with E-state index in [2.05, 4.69) is 18.3 Å². The van der Waals surface area contributed by atoms with E-state index in [1.54, 1.807) is 7.11 Å². The van der Waals surface area contributed by atoms with Crippen LogP contribution in [0.25, 0.3) is 0 Å². The molecule has 0 amide bonds. The van der Waals surface area contributed by atoms with Crippen molar-refractivity contribution in [2.45, 2.75) is 31.8 Å². The molecular formula is C15H20N2O2. The summed E-state index contributed by atoms with van der Waals surface area (Å²) in [6.07, 6.45) is 2.06. The number of hydrogen-bond donors (Lipinski definition) is 1. The Morgan fingerprint density at radius 3 is 2.79 bits per heavy atom. The van der Waals surface area contributed by atoms with Crippen LogP contribution in [0.15, 0.2) is 18.2 Å². The molecule has 0 bridgehead atoms. The Kier molecular flexibility index (Phi) is 4.41. The van der Waals surface area contributed by atoms with Gasteiger partial charge >= 0.3 is 0 Å². The van der Waals surface area contributed by atoms with Gasteiger partial charge in [0.05, 0.1) is 12.7 Å². The zero-order valence-corrected chi connectivity index (χ0v) is 11.5. The molecule has 4 nitrogen and oxygen atoms in total. The van der Waals surface area contributed by atoms with E-state index >= 15 is 0 Å². The third-order valence-electron chi connectivity index (χ3n) is 3.70. The fourth-order valence-corrected chi connectivity index (χ4v) is 2.25. The van der Waals surface area contributed by atoms with Gasteiger partial charge in [0.1, 0.15) is 11.8 Å². The minimum Gasteiger partial charge on any atom is -0.495 e. The number of methoxy groups -OCH3 is 1.